The Morgan fingerprint density at radius 1 is 0.333 bits per heavy atom. The van der Waals surface area contributed by atoms with Crippen molar-refractivity contribution in [1.82, 2.24) is 0 Å². The Bertz CT molecular complexity index is 3.90. The fourth-order valence-electron chi connectivity index (χ4n) is 0. The molecule has 16 radical (unpaired) electrons. The van der Waals surface area contributed by atoms with Gasteiger partial charge in [-0.05, 0) is 0 Å². The maximum absolute atomic E-state index is 0. The van der Waals surface area contributed by atoms with Crippen LogP contribution in [0.5, 0.6) is 0 Å². The van der Waals surface area contributed by atoms with Gasteiger partial charge < -0.3 is 0 Å². The Labute approximate surface area is 120 Å². The molecule has 0 unspecified atom stereocenters. The van der Waals surface area contributed by atoms with Crippen LogP contribution >= 0.6 is 0 Å². The molecule has 0 spiro atoms. The molecule has 0 saturated heterocycles. The number of hydrogen-bond donors (Lipinski definition) is 0. The van der Waals surface area contributed by atoms with Gasteiger partial charge in [-0.3, -0.25) is 0 Å². The molecule has 0 fully saturated rings. The van der Waals surface area contributed by atoms with Gasteiger partial charge in [-0.25, -0.2) is 0 Å². The van der Waals surface area contributed by atoms with Crippen LogP contribution in [0.2, 0.25) is 0 Å². The summed E-state index contributed by atoms with van der Waals surface area (Å²) in [5.41, 5.74) is 0. The average molecular weight is 274 g/mol. The van der Waals surface area contributed by atoms with Crippen LogP contribution in [0.4, 0.5) is 0 Å². The predicted molar refractivity (Wildman–Crippen MR) is 28.8 cm³/mol. The summed E-state index contributed by atoms with van der Waals surface area (Å²) < 4.78 is 0. The van der Waals surface area contributed by atoms with E-state index in [0.717, 1.165) is 0 Å². The molecule has 0 aromatic carbocycles. The third-order valence-electron chi connectivity index (χ3n) is 0. The van der Waals surface area contributed by atoms with E-state index in [-0.39, 0.29) is 122 Å². The second-order valence-electron chi connectivity index (χ2n) is 0. The van der Waals surface area contributed by atoms with Crippen molar-refractivity contribution < 1.29 is 35.6 Å². The van der Waals surface area contributed by atoms with Crippen LogP contribution in [0, 0.1) is 35.6 Å². The minimum atomic E-state index is 0. The summed E-state index contributed by atoms with van der Waals surface area (Å²) in [7, 11) is 0. The molecule has 0 N–H and O–H groups in total. The first-order valence-corrected chi connectivity index (χ1v) is 0. The Kier molecular flexibility index (Phi) is 318. The van der Waals surface area contributed by atoms with Crippen molar-refractivity contribution in [3.8, 4) is 0 Å². The topological polar surface area (TPSA) is 0 Å². The molecule has 0 nitrogen and oxygen atoms in total. The molecular formula is Al5La. The van der Waals surface area contributed by atoms with Gasteiger partial charge in [-0.2, -0.15) is 0 Å². The van der Waals surface area contributed by atoms with Gasteiger partial charge in [-0.15, -0.1) is 0 Å². The second-order valence-corrected chi connectivity index (χ2v) is 0. The third-order valence-corrected chi connectivity index (χ3v) is 0. The zero-order valence-corrected chi connectivity index (χ0v) is 12.9. The van der Waals surface area contributed by atoms with Crippen LogP contribution in [-0.4, -0.2) is 86.8 Å². The first-order valence-electron chi connectivity index (χ1n) is 0. The minimum absolute atomic E-state index is 0. The van der Waals surface area contributed by atoms with Gasteiger partial charge in [0.25, 0.3) is 0 Å². The second kappa shape index (κ2) is 36.8. The van der Waals surface area contributed by atoms with Gasteiger partial charge >= 0.3 is 0 Å². The van der Waals surface area contributed by atoms with E-state index >= 15 is 0 Å². The van der Waals surface area contributed by atoms with E-state index in [1.807, 2.05) is 0 Å². The summed E-state index contributed by atoms with van der Waals surface area (Å²) in [6.07, 6.45) is 0. The molecule has 0 rings (SSSR count). The summed E-state index contributed by atoms with van der Waals surface area (Å²) in [6.45, 7) is 0. The number of hydrogen-bond acceptors (Lipinski definition) is 0. The van der Waals surface area contributed by atoms with E-state index < -0.39 is 0 Å². The quantitative estimate of drug-likeness (QED) is 0.452. The van der Waals surface area contributed by atoms with Crippen molar-refractivity contribution in [2.45, 2.75) is 0 Å². The molecule has 6 heteroatoms. The molecule has 0 atom stereocenters. The molecule has 0 amide bonds. The Balaban J connectivity index is 0. The van der Waals surface area contributed by atoms with E-state index in [0.29, 0.717) is 0 Å². The number of rotatable bonds is 0. The normalized spacial score (nSPS) is 0. The Hall–Kier alpha value is 3.86. The standard InChI is InChI=1S/5Al.La. The van der Waals surface area contributed by atoms with E-state index in [1.54, 1.807) is 0 Å². The molecule has 0 bridgehead atoms. The minimum Gasteiger partial charge on any atom is 0 e. The molecule has 0 aliphatic carbocycles. The van der Waals surface area contributed by atoms with Crippen molar-refractivity contribution in [3.63, 3.8) is 0 Å². The molecule has 6 heavy (non-hydrogen) atoms. The monoisotopic (exact) mass is 274 g/mol. The summed E-state index contributed by atoms with van der Waals surface area (Å²) >= 11 is 0. The maximum atomic E-state index is 0. The molecular weight excluding hydrogens is 274 g/mol. The van der Waals surface area contributed by atoms with E-state index in [1.165, 1.54) is 0 Å². The molecule has 0 aliphatic rings. The summed E-state index contributed by atoms with van der Waals surface area (Å²) in [5, 5.41) is 0. The molecule has 0 heterocycles. The zero-order chi connectivity index (χ0) is 0. The van der Waals surface area contributed by atoms with Gasteiger partial charge in [0.2, 0.25) is 0 Å². The first-order chi connectivity index (χ1) is 0. The largest absolute Gasteiger partial charge is 0 e. The summed E-state index contributed by atoms with van der Waals surface area (Å²) in [5.74, 6) is 0. The Morgan fingerprint density at radius 2 is 0.333 bits per heavy atom. The van der Waals surface area contributed by atoms with E-state index in [9.17, 15) is 0 Å². The van der Waals surface area contributed by atoms with Crippen LogP contribution in [0.25, 0.3) is 0 Å². The fourth-order valence-corrected chi connectivity index (χ4v) is 0. The smallest absolute Gasteiger partial charge is 0 e. The molecule has 0 aliphatic heterocycles. The van der Waals surface area contributed by atoms with E-state index in [4.69, 9.17) is 0 Å². The van der Waals surface area contributed by atoms with Gasteiger partial charge in [0, 0.05) is 122 Å². The maximum Gasteiger partial charge on any atom is 0 e. The van der Waals surface area contributed by atoms with Gasteiger partial charge in [0.15, 0.2) is 0 Å². The van der Waals surface area contributed by atoms with Gasteiger partial charge in [-0.1, -0.05) is 0 Å². The zero-order valence-electron chi connectivity index (χ0n) is 3.46. The SMILES string of the molecule is [Al].[Al].[Al].[Al].[Al].[La]. The Morgan fingerprint density at radius 3 is 0.333 bits per heavy atom. The van der Waals surface area contributed by atoms with Crippen molar-refractivity contribution in [1.29, 1.82) is 0 Å². The predicted octanol–water partition coefficient (Wildman–Crippen LogP) is -1.90. The molecule has 0 aromatic rings. The van der Waals surface area contributed by atoms with Crippen molar-refractivity contribution in [2.24, 2.45) is 0 Å². The van der Waals surface area contributed by atoms with Crippen LogP contribution in [-0.2, 0) is 0 Å². The first kappa shape index (κ1) is 52.0. The van der Waals surface area contributed by atoms with Crippen molar-refractivity contribution in [3.05, 3.63) is 0 Å². The fraction of sp³-hybridized carbons (Fsp3) is 0. The molecule has 0 aromatic heterocycles. The van der Waals surface area contributed by atoms with Gasteiger partial charge in [0.1, 0.15) is 0 Å². The van der Waals surface area contributed by atoms with Crippen LogP contribution in [0.1, 0.15) is 0 Å². The summed E-state index contributed by atoms with van der Waals surface area (Å²) in [4.78, 5) is 0. The molecule has 0 saturated carbocycles. The van der Waals surface area contributed by atoms with Crippen LogP contribution < -0.4 is 0 Å². The van der Waals surface area contributed by atoms with Crippen molar-refractivity contribution >= 4 is 86.8 Å². The average Bonchev–Trinajstić information content (AvgIpc) is 0. The van der Waals surface area contributed by atoms with Crippen molar-refractivity contribution in [2.75, 3.05) is 0 Å². The van der Waals surface area contributed by atoms with E-state index in [2.05, 4.69) is 0 Å². The van der Waals surface area contributed by atoms with Gasteiger partial charge in [0.05, 0.1) is 0 Å². The van der Waals surface area contributed by atoms with Crippen LogP contribution in [0.3, 0.4) is 0 Å². The molecule has 18 valence electrons. The van der Waals surface area contributed by atoms with Crippen LogP contribution in [0.15, 0.2) is 0 Å². The third kappa shape index (κ3) is 24.8. The summed E-state index contributed by atoms with van der Waals surface area (Å²) in [6, 6.07) is 0.